The van der Waals surface area contributed by atoms with Crippen LogP contribution in [0.5, 0.6) is 0 Å². The van der Waals surface area contributed by atoms with Crippen LogP contribution in [0.1, 0.15) is 540 Å². The van der Waals surface area contributed by atoms with E-state index in [0.717, 1.165) is 44.9 Å². The SMILES string of the molecule is CCCCC/C=C\C/C=C\CCCCCCCCCCCC(=O)OCCCCCCCCCCCCCCCCCCCCCCCCCCCCCCCCCCCCCCCCCC(=O)NC(CO)C(O)CCCCCCCCCCCCCCCCCCCCCCCCCCC. The fourth-order valence-corrected chi connectivity index (χ4v) is 15.2. The van der Waals surface area contributed by atoms with Gasteiger partial charge in [0.1, 0.15) is 0 Å². The highest BCUT2D eigenvalue weighted by Gasteiger charge is 2.20. The van der Waals surface area contributed by atoms with E-state index in [-0.39, 0.29) is 18.5 Å². The molecule has 0 saturated carbocycles. The van der Waals surface area contributed by atoms with Crippen LogP contribution in [0.4, 0.5) is 0 Å². The van der Waals surface area contributed by atoms with Crippen LogP contribution in [0.2, 0.25) is 0 Å². The van der Waals surface area contributed by atoms with Gasteiger partial charge in [0.2, 0.25) is 5.91 Å². The quantitative estimate of drug-likeness (QED) is 0.0320. The van der Waals surface area contributed by atoms with Gasteiger partial charge in [0.25, 0.3) is 0 Å². The number of nitrogens with one attached hydrogen (secondary N) is 1. The van der Waals surface area contributed by atoms with Gasteiger partial charge >= 0.3 is 5.97 Å². The van der Waals surface area contributed by atoms with Gasteiger partial charge in [-0.25, -0.2) is 0 Å². The lowest BCUT2D eigenvalue weighted by Crippen LogP contribution is -2.45. The van der Waals surface area contributed by atoms with Crippen molar-refractivity contribution in [3.8, 4) is 0 Å². The molecule has 2 atom stereocenters. The predicted octanol–water partition coefficient (Wildman–Crippen LogP) is 31.5. The second kappa shape index (κ2) is 89.7. The third kappa shape index (κ3) is 85.3. The summed E-state index contributed by atoms with van der Waals surface area (Å²) >= 11 is 0. The van der Waals surface area contributed by atoms with Crippen molar-refractivity contribution in [1.82, 2.24) is 5.32 Å². The summed E-state index contributed by atoms with van der Waals surface area (Å²) in [6.45, 7) is 5.00. The normalized spacial score (nSPS) is 12.5. The fraction of sp³-hybridized carbons (Fsp3) is 0.936. The van der Waals surface area contributed by atoms with Crippen LogP contribution >= 0.6 is 0 Å². The third-order valence-electron chi connectivity index (χ3n) is 22.3. The van der Waals surface area contributed by atoms with Crippen molar-refractivity contribution in [2.24, 2.45) is 0 Å². The minimum atomic E-state index is -0.662. The van der Waals surface area contributed by atoms with E-state index in [9.17, 15) is 19.8 Å². The maximum Gasteiger partial charge on any atom is 0.305 e. The van der Waals surface area contributed by atoms with Crippen LogP contribution in [0, 0.1) is 0 Å². The van der Waals surface area contributed by atoms with E-state index in [0.29, 0.717) is 25.9 Å². The third-order valence-corrected chi connectivity index (χ3v) is 22.3. The van der Waals surface area contributed by atoms with E-state index in [1.54, 1.807) is 0 Å². The molecule has 0 aromatic heterocycles. The summed E-state index contributed by atoms with van der Waals surface area (Å²) in [5.41, 5.74) is 0. The van der Waals surface area contributed by atoms with Gasteiger partial charge in [-0.1, -0.05) is 494 Å². The van der Waals surface area contributed by atoms with Gasteiger partial charge in [0.15, 0.2) is 0 Å². The second-order valence-corrected chi connectivity index (χ2v) is 32.4. The molecule has 6 nitrogen and oxygen atoms in total. The highest BCUT2D eigenvalue weighted by Crippen LogP contribution is 2.22. The molecule has 0 aliphatic heterocycles. The van der Waals surface area contributed by atoms with Crippen LogP contribution < -0.4 is 5.32 Å². The lowest BCUT2D eigenvalue weighted by Gasteiger charge is -2.22. The summed E-state index contributed by atoms with van der Waals surface area (Å²) in [5.74, 6) is -0.000269. The van der Waals surface area contributed by atoms with E-state index in [1.807, 2.05) is 0 Å². The molecule has 0 fully saturated rings. The van der Waals surface area contributed by atoms with Crippen LogP contribution in [0.25, 0.3) is 0 Å². The van der Waals surface area contributed by atoms with Gasteiger partial charge in [-0.15, -0.1) is 0 Å². The van der Waals surface area contributed by atoms with Crippen LogP contribution in [0.3, 0.4) is 0 Å². The summed E-state index contributed by atoms with van der Waals surface area (Å²) in [7, 11) is 0. The lowest BCUT2D eigenvalue weighted by atomic mass is 10.0. The number of aliphatic hydroxyl groups is 2. The molecule has 0 heterocycles. The average molecular weight is 1410 g/mol. The minimum Gasteiger partial charge on any atom is -0.466 e. The smallest absolute Gasteiger partial charge is 0.305 e. The Kier molecular flexibility index (Phi) is 88.2. The Balaban J connectivity index is 3.30. The van der Waals surface area contributed by atoms with E-state index >= 15 is 0 Å². The number of ether oxygens (including phenoxy) is 1. The van der Waals surface area contributed by atoms with E-state index in [1.165, 1.54) is 462 Å². The van der Waals surface area contributed by atoms with Crippen LogP contribution in [-0.4, -0.2) is 47.4 Å². The molecule has 2 unspecified atom stereocenters. The first-order valence-electron chi connectivity index (χ1n) is 46.6. The summed E-state index contributed by atoms with van der Waals surface area (Å²) in [6.07, 6.45) is 118. The number of aliphatic hydroxyl groups excluding tert-OH is 2. The summed E-state index contributed by atoms with van der Waals surface area (Å²) in [4.78, 5) is 24.7. The zero-order valence-corrected chi connectivity index (χ0v) is 68.5. The zero-order valence-electron chi connectivity index (χ0n) is 68.5. The van der Waals surface area contributed by atoms with Gasteiger partial charge in [-0.3, -0.25) is 9.59 Å². The number of amides is 1. The Morgan fingerprint density at radius 3 is 0.780 bits per heavy atom. The molecule has 100 heavy (non-hydrogen) atoms. The van der Waals surface area contributed by atoms with Crippen molar-refractivity contribution >= 4 is 11.9 Å². The number of unbranched alkanes of at least 4 members (excludes halogenated alkanes) is 74. The van der Waals surface area contributed by atoms with Crippen molar-refractivity contribution in [3.63, 3.8) is 0 Å². The van der Waals surface area contributed by atoms with Crippen molar-refractivity contribution in [1.29, 1.82) is 0 Å². The molecule has 0 saturated heterocycles. The van der Waals surface area contributed by atoms with Gasteiger partial charge in [0, 0.05) is 12.8 Å². The Bertz CT molecular complexity index is 1580. The Hall–Kier alpha value is -1.66. The summed E-state index contributed by atoms with van der Waals surface area (Å²) in [5, 5.41) is 23.5. The number of esters is 1. The van der Waals surface area contributed by atoms with E-state index in [2.05, 4.69) is 43.5 Å². The fourth-order valence-electron chi connectivity index (χ4n) is 15.2. The molecule has 0 rings (SSSR count). The molecule has 0 spiro atoms. The molecule has 0 radical (unpaired) electrons. The molecule has 1 amide bonds. The van der Waals surface area contributed by atoms with Crippen LogP contribution in [-0.2, 0) is 14.3 Å². The largest absolute Gasteiger partial charge is 0.466 e. The molecule has 594 valence electrons. The predicted molar refractivity (Wildman–Crippen MR) is 444 cm³/mol. The standard InChI is InChI=1S/C94H183NO5/c1-3-5-7-9-11-13-15-17-19-21-23-24-25-41-44-47-51-54-58-62-66-70-74-78-82-86-92(97)91(90-96)95-93(98)87-83-79-75-71-67-63-59-55-52-48-45-42-39-37-35-33-31-29-27-26-28-30-32-34-36-38-40-43-46-49-53-57-61-65-69-73-77-81-85-89-100-94(99)88-84-80-76-72-68-64-60-56-50-22-20-18-16-14-12-10-8-6-4-2/h12,14,18,20,91-92,96-97H,3-11,13,15-17,19,21-90H2,1-2H3,(H,95,98)/b14-12-,20-18-. The Morgan fingerprint density at radius 1 is 0.280 bits per heavy atom. The minimum absolute atomic E-state index is 0.0216. The summed E-state index contributed by atoms with van der Waals surface area (Å²) < 4.78 is 5.52. The lowest BCUT2D eigenvalue weighted by molar-refractivity contribution is -0.143. The maximum atomic E-state index is 12.6. The molecule has 0 aromatic carbocycles. The van der Waals surface area contributed by atoms with Gasteiger partial charge in [-0.2, -0.15) is 0 Å². The topological polar surface area (TPSA) is 95.9 Å². The van der Waals surface area contributed by atoms with Gasteiger partial charge in [-0.05, 0) is 57.8 Å². The monoisotopic (exact) mass is 1410 g/mol. The number of carbonyl (C=O) groups is 2. The first-order valence-corrected chi connectivity index (χ1v) is 46.6. The number of allylic oxidation sites excluding steroid dienone is 4. The van der Waals surface area contributed by atoms with Crippen molar-refractivity contribution < 1.29 is 24.5 Å². The molecule has 0 aromatic rings. The number of hydrogen-bond donors (Lipinski definition) is 3. The average Bonchev–Trinajstić information content (AvgIpc) is 1.80. The molecule has 3 N–H and O–H groups in total. The molecular weight excluding hydrogens is 1220 g/mol. The molecule has 0 aliphatic rings. The first-order chi connectivity index (χ1) is 49.5. The molecular formula is C94H183NO5. The van der Waals surface area contributed by atoms with Crippen LogP contribution in [0.15, 0.2) is 24.3 Å². The number of hydrogen-bond acceptors (Lipinski definition) is 5. The maximum absolute atomic E-state index is 12.6. The molecule has 0 aliphatic carbocycles. The molecule has 0 bridgehead atoms. The number of carbonyl (C=O) groups excluding carboxylic acids is 2. The van der Waals surface area contributed by atoms with Crippen molar-refractivity contribution in [2.75, 3.05) is 13.2 Å². The Morgan fingerprint density at radius 2 is 0.500 bits per heavy atom. The van der Waals surface area contributed by atoms with Gasteiger partial charge in [0.05, 0.1) is 25.4 Å². The Labute approximate surface area is 628 Å². The zero-order chi connectivity index (χ0) is 71.9. The van der Waals surface area contributed by atoms with Crippen molar-refractivity contribution in [3.05, 3.63) is 24.3 Å². The highest BCUT2D eigenvalue weighted by molar-refractivity contribution is 5.76. The van der Waals surface area contributed by atoms with Gasteiger partial charge < -0.3 is 20.3 Å². The van der Waals surface area contributed by atoms with E-state index < -0.39 is 12.1 Å². The first kappa shape index (κ1) is 98.3. The number of rotatable bonds is 89. The van der Waals surface area contributed by atoms with E-state index in [4.69, 9.17) is 4.74 Å². The van der Waals surface area contributed by atoms with Crippen molar-refractivity contribution in [2.45, 2.75) is 553 Å². The highest BCUT2D eigenvalue weighted by atomic mass is 16.5. The molecule has 6 heteroatoms. The second-order valence-electron chi connectivity index (χ2n) is 32.4. The summed E-state index contributed by atoms with van der Waals surface area (Å²) in [6, 6.07) is -0.538.